The van der Waals surface area contributed by atoms with Crippen molar-refractivity contribution < 1.29 is 4.74 Å². The SMILES string of the molecule is S=C(Nc1cccnc1)N(C[C@@H]1CC=CCC1)C[C@@H]1CCCO1. The predicted octanol–water partition coefficient (Wildman–Crippen LogP) is 3.62. The Morgan fingerprint density at radius 3 is 3.00 bits per heavy atom. The van der Waals surface area contributed by atoms with Crippen molar-refractivity contribution in [1.29, 1.82) is 0 Å². The Labute approximate surface area is 143 Å². The van der Waals surface area contributed by atoms with Gasteiger partial charge < -0.3 is 15.0 Å². The summed E-state index contributed by atoms with van der Waals surface area (Å²) >= 11 is 5.67. The standard InChI is InChI=1S/C18H25N3OS/c23-18(20-16-8-4-10-19-12-16)21(14-17-9-5-11-22-17)13-15-6-2-1-3-7-15/h1-2,4,8,10,12,15,17H,3,5-7,9,11,13-14H2,(H,20,23)/t15-,17+/m1/s1. The van der Waals surface area contributed by atoms with Crippen molar-refractivity contribution in [3.63, 3.8) is 0 Å². The molecule has 3 rings (SSSR count). The van der Waals surface area contributed by atoms with Crippen molar-refractivity contribution in [3.8, 4) is 0 Å². The second kappa shape index (κ2) is 8.41. The number of anilines is 1. The van der Waals surface area contributed by atoms with Gasteiger partial charge in [0.25, 0.3) is 0 Å². The fraction of sp³-hybridized carbons (Fsp3) is 0.556. The van der Waals surface area contributed by atoms with E-state index >= 15 is 0 Å². The Morgan fingerprint density at radius 1 is 1.35 bits per heavy atom. The van der Waals surface area contributed by atoms with Crippen molar-refractivity contribution in [2.45, 2.75) is 38.2 Å². The topological polar surface area (TPSA) is 37.4 Å². The lowest BCUT2D eigenvalue weighted by Gasteiger charge is -2.32. The smallest absolute Gasteiger partial charge is 0.173 e. The number of pyridine rings is 1. The minimum Gasteiger partial charge on any atom is -0.376 e. The Morgan fingerprint density at radius 2 is 2.30 bits per heavy atom. The quantitative estimate of drug-likeness (QED) is 0.659. The van der Waals surface area contributed by atoms with Crippen molar-refractivity contribution in [2.75, 3.05) is 25.0 Å². The van der Waals surface area contributed by atoms with Gasteiger partial charge in [-0.25, -0.2) is 0 Å². The Hall–Kier alpha value is -1.46. The number of nitrogens with zero attached hydrogens (tertiary/aromatic N) is 2. The molecule has 2 aliphatic rings. The lowest BCUT2D eigenvalue weighted by atomic mass is 9.94. The molecular weight excluding hydrogens is 306 g/mol. The summed E-state index contributed by atoms with van der Waals surface area (Å²) in [6, 6.07) is 3.91. The van der Waals surface area contributed by atoms with E-state index in [0.29, 0.717) is 12.0 Å². The third-order valence-electron chi connectivity index (χ3n) is 4.50. The van der Waals surface area contributed by atoms with E-state index in [1.807, 2.05) is 12.1 Å². The van der Waals surface area contributed by atoms with Gasteiger partial charge in [0, 0.05) is 25.9 Å². The van der Waals surface area contributed by atoms with Gasteiger partial charge >= 0.3 is 0 Å². The molecule has 1 N–H and O–H groups in total. The van der Waals surface area contributed by atoms with Crippen molar-refractivity contribution >= 4 is 23.0 Å². The summed E-state index contributed by atoms with van der Waals surface area (Å²) in [5, 5.41) is 4.11. The third-order valence-corrected chi connectivity index (χ3v) is 4.86. The summed E-state index contributed by atoms with van der Waals surface area (Å²) in [5.41, 5.74) is 0.943. The van der Waals surface area contributed by atoms with E-state index in [-0.39, 0.29) is 0 Å². The van der Waals surface area contributed by atoms with E-state index in [1.165, 1.54) is 12.8 Å². The normalized spacial score (nSPS) is 23.7. The van der Waals surface area contributed by atoms with E-state index < -0.39 is 0 Å². The molecule has 4 nitrogen and oxygen atoms in total. The number of hydrogen-bond acceptors (Lipinski definition) is 3. The maximum Gasteiger partial charge on any atom is 0.173 e. The van der Waals surface area contributed by atoms with E-state index in [9.17, 15) is 0 Å². The van der Waals surface area contributed by atoms with Crippen LogP contribution in [0, 0.1) is 5.92 Å². The van der Waals surface area contributed by atoms with Crippen LogP contribution >= 0.6 is 12.2 Å². The molecule has 1 fully saturated rings. The molecule has 0 aromatic carbocycles. The van der Waals surface area contributed by atoms with Crippen LogP contribution in [0.15, 0.2) is 36.7 Å². The number of allylic oxidation sites excluding steroid dienone is 2. The van der Waals surface area contributed by atoms with Gasteiger partial charge in [0.15, 0.2) is 5.11 Å². The highest BCUT2D eigenvalue weighted by atomic mass is 32.1. The highest BCUT2D eigenvalue weighted by molar-refractivity contribution is 7.80. The summed E-state index contributed by atoms with van der Waals surface area (Å²) in [6.07, 6.45) is 14.3. The van der Waals surface area contributed by atoms with Crippen LogP contribution in [-0.2, 0) is 4.74 Å². The molecule has 0 saturated carbocycles. The highest BCUT2D eigenvalue weighted by Crippen LogP contribution is 2.21. The zero-order valence-corrected chi connectivity index (χ0v) is 14.3. The fourth-order valence-electron chi connectivity index (χ4n) is 3.25. The van der Waals surface area contributed by atoms with Crippen molar-refractivity contribution in [1.82, 2.24) is 9.88 Å². The molecule has 1 aromatic rings. The van der Waals surface area contributed by atoms with E-state index in [2.05, 4.69) is 27.4 Å². The van der Waals surface area contributed by atoms with Crippen LogP contribution < -0.4 is 5.32 Å². The minimum atomic E-state index is 0.308. The molecule has 0 amide bonds. The first-order chi connectivity index (χ1) is 11.3. The Bertz CT molecular complexity index is 528. The second-order valence-electron chi connectivity index (χ2n) is 6.36. The molecule has 0 radical (unpaired) electrons. The lowest BCUT2D eigenvalue weighted by Crippen LogP contribution is -2.42. The highest BCUT2D eigenvalue weighted by Gasteiger charge is 2.23. The average Bonchev–Trinajstić information content (AvgIpc) is 3.09. The molecule has 0 spiro atoms. The zero-order valence-electron chi connectivity index (χ0n) is 13.5. The van der Waals surface area contributed by atoms with Gasteiger partial charge in [-0.2, -0.15) is 0 Å². The van der Waals surface area contributed by atoms with Crippen molar-refractivity contribution in [3.05, 3.63) is 36.7 Å². The first-order valence-corrected chi connectivity index (χ1v) is 8.94. The summed E-state index contributed by atoms with van der Waals surface area (Å²) < 4.78 is 5.82. The molecule has 124 valence electrons. The van der Waals surface area contributed by atoms with Crippen LogP contribution in [0.2, 0.25) is 0 Å². The molecule has 5 heteroatoms. The van der Waals surface area contributed by atoms with Gasteiger partial charge in [-0.1, -0.05) is 12.2 Å². The molecule has 2 heterocycles. The van der Waals surface area contributed by atoms with Crippen molar-refractivity contribution in [2.24, 2.45) is 5.92 Å². The Kier molecular flexibility index (Phi) is 6.00. The number of aromatic nitrogens is 1. The summed E-state index contributed by atoms with van der Waals surface area (Å²) in [7, 11) is 0. The van der Waals surface area contributed by atoms with Gasteiger partial charge in [-0.15, -0.1) is 0 Å². The summed E-state index contributed by atoms with van der Waals surface area (Å²) in [6.45, 7) is 2.76. The number of rotatable bonds is 5. The van der Waals surface area contributed by atoms with Crippen LogP contribution in [0.3, 0.4) is 0 Å². The number of thiocarbonyl (C=S) groups is 1. The molecule has 23 heavy (non-hydrogen) atoms. The van der Waals surface area contributed by atoms with E-state index in [4.69, 9.17) is 17.0 Å². The van der Waals surface area contributed by atoms with E-state index in [0.717, 1.165) is 49.8 Å². The van der Waals surface area contributed by atoms with Gasteiger partial charge in [0.05, 0.1) is 18.0 Å². The molecule has 1 aliphatic carbocycles. The molecule has 0 bridgehead atoms. The fourth-order valence-corrected chi connectivity index (χ4v) is 3.51. The van der Waals surface area contributed by atoms with Crippen LogP contribution in [-0.4, -0.2) is 40.8 Å². The first kappa shape index (κ1) is 16.4. The largest absolute Gasteiger partial charge is 0.376 e. The molecule has 1 aliphatic heterocycles. The van der Waals surface area contributed by atoms with Gasteiger partial charge in [0.2, 0.25) is 0 Å². The van der Waals surface area contributed by atoms with Crippen LogP contribution in [0.1, 0.15) is 32.1 Å². The number of ether oxygens (including phenoxy) is 1. The second-order valence-corrected chi connectivity index (χ2v) is 6.75. The van der Waals surface area contributed by atoms with Gasteiger partial charge in [0.1, 0.15) is 0 Å². The maximum atomic E-state index is 5.82. The Balaban J connectivity index is 1.62. The summed E-state index contributed by atoms with van der Waals surface area (Å²) in [5.74, 6) is 0.676. The number of hydrogen-bond donors (Lipinski definition) is 1. The molecule has 0 unspecified atom stereocenters. The molecular formula is C18H25N3OS. The molecule has 2 atom stereocenters. The lowest BCUT2D eigenvalue weighted by molar-refractivity contribution is 0.0882. The predicted molar refractivity (Wildman–Crippen MR) is 97.5 cm³/mol. The van der Waals surface area contributed by atoms with Gasteiger partial charge in [-0.3, -0.25) is 4.98 Å². The third kappa shape index (κ3) is 5.01. The van der Waals surface area contributed by atoms with Gasteiger partial charge in [-0.05, 0) is 62.4 Å². The monoisotopic (exact) mass is 331 g/mol. The zero-order chi connectivity index (χ0) is 15.9. The minimum absolute atomic E-state index is 0.308. The van der Waals surface area contributed by atoms with E-state index in [1.54, 1.807) is 12.4 Å². The summed E-state index contributed by atoms with van der Waals surface area (Å²) in [4.78, 5) is 6.44. The maximum absolute atomic E-state index is 5.82. The number of nitrogens with one attached hydrogen (secondary N) is 1. The molecule has 1 saturated heterocycles. The van der Waals surface area contributed by atoms with Crippen LogP contribution in [0.25, 0.3) is 0 Å². The molecule has 1 aromatic heterocycles. The van der Waals surface area contributed by atoms with Crippen LogP contribution in [0.4, 0.5) is 5.69 Å². The van der Waals surface area contributed by atoms with Crippen LogP contribution in [0.5, 0.6) is 0 Å². The average molecular weight is 331 g/mol. The first-order valence-electron chi connectivity index (χ1n) is 8.54.